The average Bonchev–Trinajstić information content (AvgIpc) is 3.50. The normalized spacial score (nSPS) is 19.1. The summed E-state index contributed by atoms with van der Waals surface area (Å²) in [4.78, 5) is 21.0. The molecule has 2 fully saturated rings. The van der Waals surface area contributed by atoms with Gasteiger partial charge in [0.2, 0.25) is 0 Å². The fraction of sp³-hybridized carbons (Fsp3) is 0.500. The number of hydrogen-bond donors (Lipinski definition) is 1. The zero-order valence-electron chi connectivity index (χ0n) is 18.2. The Kier molecular flexibility index (Phi) is 8.85. The first-order chi connectivity index (χ1) is 15.1. The molecule has 1 N–H and O–H groups in total. The van der Waals surface area contributed by atoms with Crippen LogP contribution in [0.3, 0.4) is 0 Å². The number of ether oxygens (including phenoxy) is 1. The number of benzene rings is 1. The van der Waals surface area contributed by atoms with Crippen molar-refractivity contribution >= 4 is 35.8 Å². The summed E-state index contributed by atoms with van der Waals surface area (Å²) in [5.41, 5.74) is 1.77. The largest absolute Gasteiger partial charge is 0.368 e. The molecule has 1 amide bonds. The maximum atomic E-state index is 13.1. The molecule has 2 saturated heterocycles. The number of carbonyl (C=O) groups is 1. The van der Waals surface area contributed by atoms with Gasteiger partial charge < -0.3 is 19.9 Å². The highest BCUT2D eigenvalue weighted by Gasteiger charge is 2.30. The molecule has 0 spiro atoms. The van der Waals surface area contributed by atoms with Crippen molar-refractivity contribution in [3.8, 4) is 5.69 Å². The number of piperazine rings is 1. The first-order valence-electron chi connectivity index (χ1n) is 10.8. The number of carbonyl (C=O) groups excluding carboxylic acids is 1. The van der Waals surface area contributed by atoms with Crippen LogP contribution in [0, 0.1) is 5.82 Å². The van der Waals surface area contributed by atoms with Crippen molar-refractivity contribution < 1.29 is 13.9 Å². The Morgan fingerprint density at radius 2 is 1.91 bits per heavy atom. The van der Waals surface area contributed by atoms with Gasteiger partial charge in [-0.3, -0.25) is 9.79 Å². The summed E-state index contributed by atoms with van der Waals surface area (Å²) in [5.74, 6) is 0.697. The molecule has 1 unspecified atom stereocenters. The molecule has 1 aromatic carbocycles. The molecule has 8 nitrogen and oxygen atoms in total. The van der Waals surface area contributed by atoms with Gasteiger partial charge >= 0.3 is 0 Å². The smallest absolute Gasteiger partial charge is 0.251 e. The van der Waals surface area contributed by atoms with Gasteiger partial charge in [-0.15, -0.1) is 24.0 Å². The van der Waals surface area contributed by atoms with Crippen LogP contribution in [-0.2, 0) is 16.0 Å². The summed E-state index contributed by atoms with van der Waals surface area (Å²) >= 11 is 0. The molecule has 2 aromatic rings. The number of guanidine groups is 1. The number of aromatic nitrogens is 2. The van der Waals surface area contributed by atoms with Gasteiger partial charge in [-0.1, -0.05) is 0 Å². The summed E-state index contributed by atoms with van der Waals surface area (Å²) in [6.07, 6.45) is 4.17. The van der Waals surface area contributed by atoms with Crippen LogP contribution in [0.4, 0.5) is 4.39 Å². The zero-order chi connectivity index (χ0) is 21.6. The molecule has 1 aromatic heterocycles. The molecule has 1 atom stereocenters. The fourth-order valence-corrected chi connectivity index (χ4v) is 3.98. The molecule has 32 heavy (non-hydrogen) atoms. The van der Waals surface area contributed by atoms with Crippen molar-refractivity contribution in [1.29, 1.82) is 0 Å². The van der Waals surface area contributed by atoms with E-state index in [1.54, 1.807) is 23.9 Å². The van der Waals surface area contributed by atoms with Crippen LogP contribution in [0.25, 0.3) is 5.69 Å². The number of aliphatic imine (C=N–C) groups is 1. The average molecular weight is 556 g/mol. The van der Waals surface area contributed by atoms with Gasteiger partial charge in [0.1, 0.15) is 11.9 Å². The number of halogens is 2. The molecular weight excluding hydrogens is 526 g/mol. The zero-order valence-corrected chi connectivity index (χ0v) is 20.6. The van der Waals surface area contributed by atoms with Crippen molar-refractivity contribution in [2.75, 3.05) is 46.4 Å². The van der Waals surface area contributed by atoms with Gasteiger partial charge in [0, 0.05) is 59.0 Å². The van der Waals surface area contributed by atoms with Crippen LogP contribution in [0.5, 0.6) is 0 Å². The van der Waals surface area contributed by atoms with Gasteiger partial charge in [-0.25, -0.2) is 9.07 Å². The number of nitrogens with zero attached hydrogens (tertiary/aromatic N) is 5. The molecule has 174 valence electrons. The topological polar surface area (TPSA) is 75.0 Å². The summed E-state index contributed by atoms with van der Waals surface area (Å²) in [7, 11) is 1.77. The second-order valence-corrected chi connectivity index (χ2v) is 7.77. The number of hydrogen-bond acceptors (Lipinski definition) is 4. The number of amides is 1. The van der Waals surface area contributed by atoms with Crippen LogP contribution >= 0.6 is 24.0 Å². The van der Waals surface area contributed by atoms with E-state index in [9.17, 15) is 9.18 Å². The van der Waals surface area contributed by atoms with E-state index in [1.165, 1.54) is 12.1 Å². The van der Waals surface area contributed by atoms with Crippen LogP contribution < -0.4 is 5.32 Å². The maximum absolute atomic E-state index is 13.1. The minimum Gasteiger partial charge on any atom is -0.368 e. The Bertz CT molecular complexity index is 905. The first-order valence-corrected chi connectivity index (χ1v) is 10.8. The highest BCUT2D eigenvalue weighted by atomic mass is 127. The van der Waals surface area contributed by atoms with Crippen LogP contribution in [0.2, 0.25) is 0 Å². The number of rotatable bonds is 5. The highest BCUT2D eigenvalue weighted by Crippen LogP contribution is 2.16. The summed E-state index contributed by atoms with van der Waals surface area (Å²) in [5, 5.41) is 7.95. The van der Waals surface area contributed by atoms with E-state index >= 15 is 0 Å². The summed E-state index contributed by atoms with van der Waals surface area (Å²) < 4.78 is 20.4. The Balaban J connectivity index is 0.00000289. The second kappa shape index (κ2) is 11.6. The monoisotopic (exact) mass is 556 g/mol. The molecule has 10 heteroatoms. The van der Waals surface area contributed by atoms with Gasteiger partial charge in [-0.2, -0.15) is 5.10 Å². The molecule has 2 aliphatic heterocycles. The highest BCUT2D eigenvalue weighted by molar-refractivity contribution is 14.0. The van der Waals surface area contributed by atoms with Gasteiger partial charge in [0.05, 0.1) is 11.4 Å². The quantitative estimate of drug-likeness (QED) is 0.347. The lowest BCUT2D eigenvalue weighted by Crippen LogP contribution is -2.55. The van der Waals surface area contributed by atoms with Gasteiger partial charge in [-0.05, 0) is 43.2 Å². The summed E-state index contributed by atoms with van der Waals surface area (Å²) in [6, 6.07) is 8.22. The van der Waals surface area contributed by atoms with Crippen molar-refractivity contribution in [3.63, 3.8) is 0 Å². The molecule has 4 rings (SSSR count). The maximum Gasteiger partial charge on any atom is 0.251 e. The second-order valence-electron chi connectivity index (χ2n) is 7.77. The van der Waals surface area contributed by atoms with E-state index in [-0.39, 0.29) is 41.8 Å². The lowest BCUT2D eigenvalue weighted by atomic mass is 10.2. The fourth-order valence-electron chi connectivity index (χ4n) is 3.98. The predicted octanol–water partition coefficient (Wildman–Crippen LogP) is 2.07. The Morgan fingerprint density at radius 3 is 2.56 bits per heavy atom. The van der Waals surface area contributed by atoms with E-state index in [0.717, 1.165) is 49.7 Å². The lowest BCUT2D eigenvalue weighted by Gasteiger charge is -2.37. The third-order valence-corrected chi connectivity index (χ3v) is 5.71. The van der Waals surface area contributed by atoms with E-state index in [0.29, 0.717) is 26.2 Å². The molecular formula is C22H30FIN6O2. The standard InChI is InChI=1S/C22H29FN6O2.HI/c1-24-22(28-14-12-27(13-15-28)21(30)20-3-2-16-31-20)25-10-8-18-9-11-29(26-18)19-6-4-17(23)5-7-19;/h4-7,9,11,20H,2-3,8,10,12-16H2,1H3,(H,24,25);1H. The number of nitrogens with one attached hydrogen (secondary N) is 1. The third-order valence-electron chi connectivity index (χ3n) is 5.71. The van der Waals surface area contributed by atoms with Crippen molar-refractivity contribution in [1.82, 2.24) is 24.9 Å². The van der Waals surface area contributed by atoms with Crippen molar-refractivity contribution in [2.45, 2.75) is 25.4 Å². The van der Waals surface area contributed by atoms with Crippen LogP contribution in [-0.4, -0.2) is 83.9 Å². The Morgan fingerprint density at radius 1 is 1.19 bits per heavy atom. The molecule has 0 aliphatic carbocycles. The van der Waals surface area contributed by atoms with Gasteiger partial charge in [0.25, 0.3) is 5.91 Å². The molecule has 0 bridgehead atoms. The van der Waals surface area contributed by atoms with Crippen LogP contribution in [0.15, 0.2) is 41.5 Å². The van der Waals surface area contributed by atoms with Crippen molar-refractivity contribution in [2.24, 2.45) is 4.99 Å². The Labute approximate surface area is 204 Å². The predicted molar refractivity (Wildman–Crippen MR) is 131 cm³/mol. The first kappa shape index (κ1) is 24.4. The van der Waals surface area contributed by atoms with E-state index in [4.69, 9.17) is 4.74 Å². The van der Waals surface area contributed by atoms with Gasteiger partial charge in [0.15, 0.2) is 5.96 Å². The summed E-state index contributed by atoms with van der Waals surface area (Å²) in [6.45, 7) is 4.24. The van der Waals surface area contributed by atoms with E-state index in [1.807, 2.05) is 17.2 Å². The Hall–Kier alpha value is -2.21. The minimum atomic E-state index is -0.260. The third kappa shape index (κ3) is 5.97. The lowest BCUT2D eigenvalue weighted by molar-refractivity contribution is -0.142. The van der Waals surface area contributed by atoms with Crippen LogP contribution in [0.1, 0.15) is 18.5 Å². The molecule has 0 saturated carbocycles. The minimum absolute atomic E-state index is 0. The molecule has 3 heterocycles. The molecule has 2 aliphatic rings. The molecule has 0 radical (unpaired) electrons. The van der Waals surface area contributed by atoms with E-state index < -0.39 is 0 Å². The van der Waals surface area contributed by atoms with Crippen molar-refractivity contribution in [3.05, 3.63) is 48.0 Å². The SMILES string of the molecule is CN=C(NCCc1ccn(-c2ccc(F)cc2)n1)N1CCN(C(=O)C2CCCO2)CC1.I. The van der Waals surface area contributed by atoms with E-state index in [2.05, 4.69) is 20.3 Å².